The topological polar surface area (TPSA) is 109 Å². The second-order valence-electron chi connectivity index (χ2n) is 8.39. The Labute approximate surface area is 237 Å². The molecule has 0 spiro atoms. The fraction of sp³-hybridized carbons (Fsp3) is 0.241. The van der Waals surface area contributed by atoms with E-state index in [0.29, 0.717) is 47.1 Å². The van der Waals surface area contributed by atoms with Gasteiger partial charge in [0.05, 0.1) is 33.3 Å². The molecule has 3 aromatic carbocycles. The third-order valence-corrected chi connectivity index (χ3v) is 6.80. The van der Waals surface area contributed by atoms with E-state index >= 15 is 0 Å². The van der Waals surface area contributed by atoms with Crippen molar-refractivity contribution >= 4 is 23.9 Å². The first-order chi connectivity index (χ1) is 19.6. The Kier molecular flexibility index (Phi) is 10.0. The van der Waals surface area contributed by atoms with Crippen molar-refractivity contribution in [1.29, 1.82) is 0 Å². The predicted molar refractivity (Wildman–Crippen MR) is 154 cm³/mol. The summed E-state index contributed by atoms with van der Waals surface area (Å²) < 4.78 is 24.0. The van der Waals surface area contributed by atoms with Crippen LogP contribution >= 0.6 is 11.8 Å². The number of hydrogen-bond donors (Lipinski definition) is 1. The maximum Gasteiger partial charge on any atom is 0.250 e. The van der Waals surface area contributed by atoms with Crippen molar-refractivity contribution in [1.82, 2.24) is 20.2 Å². The van der Waals surface area contributed by atoms with Gasteiger partial charge in [-0.3, -0.25) is 4.79 Å². The molecule has 0 saturated heterocycles. The fourth-order valence-corrected chi connectivity index (χ4v) is 4.62. The van der Waals surface area contributed by atoms with E-state index in [-0.39, 0.29) is 11.7 Å². The second kappa shape index (κ2) is 14.0. The highest BCUT2D eigenvalue weighted by Crippen LogP contribution is 2.33. The van der Waals surface area contributed by atoms with E-state index in [1.165, 1.54) is 11.8 Å². The van der Waals surface area contributed by atoms with E-state index in [0.717, 1.165) is 16.7 Å². The first kappa shape index (κ1) is 28.5. The monoisotopic (exact) mass is 561 g/mol. The van der Waals surface area contributed by atoms with Crippen LogP contribution in [0.4, 0.5) is 0 Å². The Hall–Kier alpha value is -4.51. The van der Waals surface area contributed by atoms with Crippen LogP contribution in [-0.2, 0) is 17.9 Å². The number of nitrogens with zero attached hydrogens (tertiary/aromatic N) is 4. The van der Waals surface area contributed by atoms with E-state index in [9.17, 15) is 4.79 Å². The lowest BCUT2D eigenvalue weighted by atomic mass is 10.2. The largest absolute Gasteiger partial charge is 0.493 e. The van der Waals surface area contributed by atoms with E-state index in [4.69, 9.17) is 18.9 Å². The molecule has 0 aliphatic carbocycles. The van der Waals surface area contributed by atoms with Gasteiger partial charge in [0.2, 0.25) is 0 Å². The van der Waals surface area contributed by atoms with Crippen LogP contribution in [0.25, 0.3) is 11.4 Å². The van der Waals surface area contributed by atoms with Gasteiger partial charge in [-0.25, -0.2) is 5.43 Å². The number of aromatic nitrogens is 3. The summed E-state index contributed by atoms with van der Waals surface area (Å²) in [5.41, 5.74) is 5.20. The molecule has 1 N–H and O–H groups in total. The van der Waals surface area contributed by atoms with Gasteiger partial charge in [0.1, 0.15) is 6.61 Å². The maximum atomic E-state index is 12.5. The SMILES string of the molecule is CCn1c(SCC(=O)NN=Cc2ccc(OCc3ccccc3)c(OC)c2)nnc1-c1ccc(OC)c(OC)c1. The molecular formula is C29H31N5O5S. The Balaban J connectivity index is 1.33. The number of hydrazone groups is 1. The molecule has 1 amide bonds. The van der Waals surface area contributed by atoms with Gasteiger partial charge >= 0.3 is 0 Å². The molecule has 1 aromatic heterocycles. The average molecular weight is 562 g/mol. The van der Waals surface area contributed by atoms with Crippen molar-refractivity contribution < 1.29 is 23.7 Å². The number of methoxy groups -OCH3 is 3. The smallest absolute Gasteiger partial charge is 0.250 e. The normalized spacial score (nSPS) is 10.9. The van der Waals surface area contributed by atoms with E-state index < -0.39 is 0 Å². The van der Waals surface area contributed by atoms with Crippen molar-refractivity contribution in [2.45, 2.75) is 25.2 Å². The molecule has 10 nitrogen and oxygen atoms in total. The Morgan fingerprint density at radius 1 is 0.925 bits per heavy atom. The first-order valence-corrected chi connectivity index (χ1v) is 13.5. The number of amides is 1. The number of ether oxygens (including phenoxy) is 4. The molecule has 0 unspecified atom stereocenters. The molecule has 208 valence electrons. The standard InChI is InChI=1S/C29H31N5O5S/c1-5-34-28(22-12-14-23(36-2)26(16-22)38-4)32-33-29(34)40-19-27(35)31-30-17-21-11-13-24(25(15-21)37-3)39-18-20-9-7-6-8-10-20/h6-17H,5,18-19H2,1-4H3,(H,31,35). The molecule has 0 aliphatic rings. The van der Waals surface area contributed by atoms with Crippen molar-refractivity contribution in [3.8, 4) is 34.4 Å². The zero-order chi connectivity index (χ0) is 28.3. The summed E-state index contributed by atoms with van der Waals surface area (Å²) in [6.07, 6.45) is 1.55. The predicted octanol–water partition coefficient (Wildman–Crippen LogP) is 4.81. The number of carbonyl (C=O) groups is 1. The summed E-state index contributed by atoms with van der Waals surface area (Å²) in [5, 5.41) is 13.3. The van der Waals surface area contributed by atoms with Crippen molar-refractivity contribution in [2.75, 3.05) is 27.1 Å². The lowest BCUT2D eigenvalue weighted by Gasteiger charge is -2.11. The lowest BCUT2D eigenvalue weighted by molar-refractivity contribution is -0.118. The van der Waals surface area contributed by atoms with Crippen LogP contribution in [0.3, 0.4) is 0 Å². The highest BCUT2D eigenvalue weighted by atomic mass is 32.2. The molecule has 1 heterocycles. The van der Waals surface area contributed by atoms with E-state index in [1.807, 2.05) is 72.2 Å². The third kappa shape index (κ3) is 7.11. The number of rotatable bonds is 13. The summed E-state index contributed by atoms with van der Waals surface area (Å²) >= 11 is 1.28. The average Bonchev–Trinajstić information content (AvgIpc) is 3.42. The molecule has 0 radical (unpaired) electrons. The summed E-state index contributed by atoms with van der Waals surface area (Å²) in [6.45, 7) is 3.06. The van der Waals surface area contributed by atoms with Gasteiger partial charge in [0.15, 0.2) is 34.0 Å². The molecule has 0 atom stereocenters. The maximum absolute atomic E-state index is 12.5. The van der Waals surface area contributed by atoms with Gasteiger partial charge < -0.3 is 23.5 Å². The summed E-state index contributed by atoms with van der Waals surface area (Å²) in [6, 6.07) is 20.9. The van der Waals surface area contributed by atoms with Gasteiger partial charge in [-0.2, -0.15) is 5.10 Å². The van der Waals surface area contributed by atoms with Crippen molar-refractivity contribution in [3.63, 3.8) is 0 Å². The Morgan fingerprint density at radius 2 is 1.65 bits per heavy atom. The van der Waals surface area contributed by atoms with Crippen LogP contribution in [0, 0.1) is 0 Å². The zero-order valence-corrected chi connectivity index (χ0v) is 23.6. The quantitative estimate of drug-likeness (QED) is 0.141. The lowest BCUT2D eigenvalue weighted by Crippen LogP contribution is -2.20. The molecule has 0 bridgehead atoms. The molecule has 0 fully saturated rings. The van der Waals surface area contributed by atoms with Crippen LogP contribution < -0.4 is 24.4 Å². The van der Waals surface area contributed by atoms with Crippen LogP contribution in [0.15, 0.2) is 77.0 Å². The highest BCUT2D eigenvalue weighted by Gasteiger charge is 2.16. The summed E-state index contributed by atoms with van der Waals surface area (Å²) in [5.74, 6) is 2.96. The molecular weight excluding hydrogens is 530 g/mol. The van der Waals surface area contributed by atoms with Crippen LogP contribution in [0.1, 0.15) is 18.1 Å². The van der Waals surface area contributed by atoms with Crippen LogP contribution in [0.2, 0.25) is 0 Å². The van der Waals surface area contributed by atoms with Crippen molar-refractivity contribution in [2.24, 2.45) is 5.10 Å². The molecule has 40 heavy (non-hydrogen) atoms. The number of thioether (sulfide) groups is 1. The van der Waals surface area contributed by atoms with Gasteiger partial charge in [0, 0.05) is 12.1 Å². The van der Waals surface area contributed by atoms with Gasteiger partial charge in [-0.05, 0) is 54.4 Å². The first-order valence-electron chi connectivity index (χ1n) is 12.5. The van der Waals surface area contributed by atoms with Gasteiger partial charge in [0.25, 0.3) is 5.91 Å². The molecule has 4 rings (SSSR count). The minimum atomic E-state index is -0.269. The van der Waals surface area contributed by atoms with Crippen molar-refractivity contribution in [3.05, 3.63) is 77.9 Å². The third-order valence-electron chi connectivity index (χ3n) is 5.83. The summed E-state index contributed by atoms with van der Waals surface area (Å²) in [7, 11) is 4.75. The van der Waals surface area contributed by atoms with Gasteiger partial charge in [-0.15, -0.1) is 10.2 Å². The molecule has 4 aromatic rings. The zero-order valence-electron chi connectivity index (χ0n) is 22.8. The van der Waals surface area contributed by atoms with Gasteiger partial charge in [-0.1, -0.05) is 42.1 Å². The fourth-order valence-electron chi connectivity index (χ4n) is 3.83. The molecule has 0 saturated carbocycles. The van der Waals surface area contributed by atoms with E-state index in [2.05, 4.69) is 20.7 Å². The minimum Gasteiger partial charge on any atom is -0.493 e. The summed E-state index contributed by atoms with van der Waals surface area (Å²) in [4.78, 5) is 12.5. The minimum absolute atomic E-state index is 0.122. The number of benzene rings is 3. The highest BCUT2D eigenvalue weighted by molar-refractivity contribution is 7.99. The second-order valence-corrected chi connectivity index (χ2v) is 9.33. The number of nitrogens with one attached hydrogen (secondary N) is 1. The van der Waals surface area contributed by atoms with Crippen LogP contribution in [-0.4, -0.2) is 54.0 Å². The molecule has 0 aliphatic heterocycles. The number of hydrogen-bond acceptors (Lipinski definition) is 9. The van der Waals surface area contributed by atoms with Crippen LogP contribution in [0.5, 0.6) is 23.0 Å². The number of carbonyl (C=O) groups excluding carboxylic acids is 1. The molecule has 11 heteroatoms. The van der Waals surface area contributed by atoms with E-state index in [1.54, 1.807) is 33.6 Å². The Morgan fingerprint density at radius 3 is 2.38 bits per heavy atom. The Bertz CT molecular complexity index is 1460.